The molecule has 0 saturated heterocycles. The van der Waals surface area contributed by atoms with Gasteiger partial charge in [0.15, 0.2) is 5.69 Å². The summed E-state index contributed by atoms with van der Waals surface area (Å²) in [6.07, 6.45) is 0. The Hall–Kier alpha value is -2.91. The molecule has 102 valence electrons. The largest absolute Gasteiger partial charge is 0.281 e. The molecule has 0 atom stereocenters. The summed E-state index contributed by atoms with van der Waals surface area (Å²) >= 11 is 0. The minimum absolute atomic E-state index is 0.163. The summed E-state index contributed by atoms with van der Waals surface area (Å²) in [5.74, 6) is 0. The van der Waals surface area contributed by atoms with Crippen LogP contribution in [0.1, 0.15) is 30.5 Å². The van der Waals surface area contributed by atoms with E-state index in [1.807, 2.05) is 38.1 Å². The molecule has 0 spiro atoms. The molecule has 2 rings (SSSR count). The van der Waals surface area contributed by atoms with Gasteiger partial charge < -0.3 is 0 Å². The van der Waals surface area contributed by atoms with Crippen molar-refractivity contribution >= 4 is 11.4 Å². The second kappa shape index (κ2) is 6.50. The van der Waals surface area contributed by atoms with Crippen LogP contribution < -0.4 is 0 Å². The van der Waals surface area contributed by atoms with E-state index in [1.54, 1.807) is 24.3 Å². The molecule has 3 nitrogen and oxygen atoms in total. The highest BCUT2D eigenvalue weighted by atomic mass is 14.8. The van der Waals surface area contributed by atoms with Crippen molar-refractivity contribution in [3.8, 4) is 6.07 Å². The Labute approximate surface area is 125 Å². The fourth-order valence-electron chi connectivity index (χ4n) is 1.97. The molecule has 0 saturated carbocycles. The van der Waals surface area contributed by atoms with Gasteiger partial charge in [-0.05, 0) is 31.5 Å². The lowest BCUT2D eigenvalue weighted by molar-refractivity contribution is 0.837. The van der Waals surface area contributed by atoms with Crippen molar-refractivity contribution in [1.29, 1.82) is 5.26 Å². The Morgan fingerprint density at radius 2 is 1.57 bits per heavy atom. The van der Waals surface area contributed by atoms with Gasteiger partial charge in [0.2, 0.25) is 0 Å². The first-order valence-corrected chi connectivity index (χ1v) is 6.70. The molecule has 0 aliphatic carbocycles. The fourth-order valence-corrected chi connectivity index (χ4v) is 1.97. The fraction of sp³-hybridized carbons (Fsp3) is 0.167. The van der Waals surface area contributed by atoms with E-state index in [1.165, 1.54) is 0 Å². The molecule has 0 fully saturated rings. The first kappa shape index (κ1) is 14.5. The molecule has 0 aliphatic rings. The summed E-state index contributed by atoms with van der Waals surface area (Å²) in [5, 5.41) is 8.88. The van der Waals surface area contributed by atoms with Gasteiger partial charge in [-0.2, -0.15) is 5.26 Å². The van der Waals surface area contributed by atoms with E-state index in [0.29, 0.717) is 11.3 Å². The highest BCUT2D eigenvalue weighted by Crippen LogP contribution is 2.17. The van der Waals surface area contributed by atoms with Crippen LogP contribution in [0.3, 0.4) is 0 Å². The van der Waals surface area contributed by atoms with Crippen molar-refractivity contribution in [2.45, 2.75) is 19.9 Å². The van der Waals surface area contributed by atoms with Gasteiger partial charge in [-0.25, -0.2) is 4.85 Å². The minimum atomic E-state index is 0.163. The summed E-state index contributed by atoms with van der Waals surface area (Å²) in [6, 6.07) is 17.1. The molecule has 0 N–H and O–H groups in total. The molecule has 2 aromatic carbocycles. The maximum absolute atomic E-state index is 8.88. The molecule has 21 heavy (non-hydrogen) atoms. The van der Waals surface area contributed by atoms with Crippen LogP contribution in [0.15, 0.2) is 53.5 Å². The first-order valence-electron chi connectivity index (χ1n) is 6.70. The standard InChI is InChI=1S/C18H15N3/c1-13(2)21-18(15-6-4-14(12-19)5-7-15)16-8-10-17(20-3)11-9-16/h4-11,13H,1-2H3. The predicted octanol–water partition coefficient (Wildman–Crippen LogP) is 4.35. The smallest absolute Gasteiger partial charge is 0.187 e. The topological polar surface area (TPSA) is 40.5 Å². The van der Waals surface area contributed by atoms with Gasteiger partial charge >= 0.3 is 0 Å². The lowest BCUT2D eigenvalue weighted by atomic mass is 10.0. The minimum Gasteiger partial charge on any atom is -0.281 e. The molecule has 3 heteroatoms. The average Bonchev–Trinajstić information content (AvgIpc) is 2.53. The van der Waals surface area contributed by atoms with Crippen molar-refractivity contribution in [2.75, 3.05) is 0 Å². The number of nitriles is 1. The van der Waals surface area contributed by atoms with Crippen LogP contribution in [-0.2, 0) is 0 Å². The zero-order valence-corrected chi connectivity index (χ0v) is 12.0. The summed E-state index contributed by atoms with van der Waals surface area (Å²) in [5.41, 5.74) is 4.07. The van der Waals surface area contributed by atoms with E-state index >= 15 is 0 Å². The number of hydrogen-bond donors (Lipinski definition) is 0. The number of nitrogens with zero attached hydrogens (tertiary/aromatic N) is 3. The Bertz CT molecular complexity index is 665. The Balaban J connectivity index is 2.47. The number of aliphatic imine (C=N–C) groups is 1. The van der Waals surface area contributed by atoms with E-state index in [0.717, 1.165) is 16.8 Å². The molecule has 0 aromatic heterocycles. The van der Waals surface area contributed by atoms with Crippen molar-refractivity contribution in [2.24, 2.45) is 4.99 Å². The molecule has 0 aliphatic heterocycles. The summed E-state index contributed by atoms with van der Waals surface area (Å²) in [4.78, 5) is 8.09. The lowest BCUT2D eigenvalue weighted by Crippen LogP contribution is -2.07. The van der Waals surface area contributed by atoms with Gasteiger partial charge in [-0.15, -0.1) is 0 Å². The molecular formula is C18H15N3. The van der Waals surface area contributed by atoms with Crippen LogP contribution >= 0.6 is 0 Å². The number of rotatable bonds is 3. The Morgan fingerprint density at radius 3 is 2.00 bits per heavy atom. The van der Waals surface area contributed by atoms with Crippen LogP contribution in [-0.4, -0.2) is 11.8 Å². The van der Waals surface area contributed by atoms with Crippen LogP contribution in [0.2, 0.25) is 0 Å². The summed E-state index contributed by atoms with van der Waals surface area (Å²) in [6.45, 7) is 11.1. The maximum Gasteiger partial charge on any atom is 0.187 e. The van der Waals surface area contributed by atoms with Crippen molar-refractivity contribution in [1.82, 2.24) is 0 Å². The van der Waals surface area contributed by atoms with Crippen LogP contribution in [0.25, 0.3) is 4.85 Å². The third-order valence-electron chi connectivity index (χ3n) is 2.94. The van der Waals surface area contributed by atoms with Crippen molar-refractivity contribution in [3.05, 3.63) is 76.6 Å². The maximum atomic E-state index is 8.88. The molecule has 0 radical (unpaired) electrons. The molecule has 0 amide bonds. The van der Waals surface area contributed by atoms with Gasteiger partial charge in [-0.1, -0.05) is 36.4 Å². The molecular weight excluding hydrogens is 258 g/mol. The monoisotopic (exact) mass is 273 g/mol. The third kappa shape index (κ3) is 3.55. The highest BCUT2D eigenvalue weighted by molar-refractivity contribution is 6.13. The highest BCUT2D eigenvalue weighted by Gasteiger charge is 2.08. The van der Waals surface area contributed by atoms with E-state index in [2.05, 4.69) is 15.9 Å². The van der Waals surface area contributed by atoms with Gasteiger partial charge in [0.25, 0.3) is 0 Å². The Morgan fingerprint density at radius 1 is 1.05 bits per heavy atom. The first-order chi connectivity index (χ1) is 10.1. The van der Waals surface area contributed by atoms with Gasteiger partial charge in [-0.3, -0.25) is 4.99 Å². The lowest BCUT2D eigenvalue weighted by Gasteiger charge is -2.10. The van der Waals surface area contributed by atoms with Crippen molar-refractivity contribution in [3.63, 3.8) is 0 Å². The summed E-state index contributed by atoms with van der Waals surface area (Å²) in [7, 11) is 0. The van der Waals surface area contributed by atoms with Crippen molar-refractivity contribution < 1.29 is 0 Å². The summed E-state index contributed by atoms with van der Waals surface area (Å²) < 4.78 is 0. The second-order valence-corrected chi connectivity index (χ2v) is 4.92. The normalized spacial score (nSPS) is 11.0. The average molecular weight is 273 g/mol. The van der Waals surface area contributed by atoms with E-state index in [4.69, 9.17) is 11.8 Å². The van der Waals surface area contributed by atoms with E-state index in [-0.39, 0.29) is 6.04 Å². The second-order valence-electron chi connectivity index (χ2n) is 4.92. The zero-order valence-electron chi connectivity index (χ0n) is 12.0. The van der Waals surface area contributed by atoms with Crippen LogP contribution in [0.5, 0.6) is 0 Å². The third-order valence-corrected chi connectivity index (χ3v) is 2.94. The quantitative estimate of drug-likeness (QED) is 0.605. The SMILES string of the molecule is [C-]#[N+]c1ccc(C(=NC(C)C)c2ccc(C#N)cc2)cc1. The van der Waals surface area contributed by atoms with E-state index < -0.39 is 0 Å². The molecule has 0 heterocycles. The van der Waals surface area contributed by atoms with Gasteiger partial charge in [0.05, 0.1) is 23.9 Å². The van der Waals surface area contributed by atoms with E-state index in [9.17, 15) is 0 Å². The van der Waals surface area contributed by atoms with Crippen LogP contribution in [0.4, 0.5) is 5.69 Å². The molecule has 0 bridgehead atoms. The number of benzene rings is 2. The molecule has 2 aromatic rings. The van der Waals surface area contributed by atoms with Crippen LogP contribution in [0, 0.1) is 17.9 Å². The Kier molecular flexibility index (Phi) is 4.49. The zero-order chi connectivity index (χ0) is 15.2. The molecule has 0 unspecified atom stereocenters. The van der Waals surface area contributed by atoms with Gasteiger partial charge in [0, 0.05) is 11.6 Å². The van der Waals surface area contributed by atoms with Gasteiger partial charge in [0.1, 0.15) is 0 Å². The number of hydrogen-bond acceptors (Lipinski definition) is 2. The predicted molar refractivity (Wildman–Crippen MR) is 84.6 cm³/mol.